The number of carbonyl (C=O) groups excluding carboxylic acids is 1. The molecule has 1 aromatic heterocycles. The van der Waals surface area contributed by atoms with Crippen LogP contribution in [0.3, 0.4) is 0 Å². The first-order valence-electron chi connectivity index (χ1n) is 9.24. The van der Waals surface area contributed by atoms with E-state index in [1.807, 2.05) is 49.4 Å². The summed E-state index contributed by atoms with van der Waals surface area (Å²) in [7, 11) is 3.17. The van der Waals surface area contributed by atoms with Gasteiger partial charge in [0.2, 0.25) is 5.91 Å². The molecule has 0 saturated heterocycles. The first-order valence-corrected chi connectivity index (χ1v) is 10.0. The maximum atomic E-state index is 13.0. The van der Waals surface area contributed by atoms with Gasteiger partial charge in [-0.15, -0.1) is 0 Å². The Balaban J connectivity index is 1.58. The lowest BCUT2D eigenvalue weighted by Crippen LogP contribution is -2.28. The summed E-state index contributed by atoms with van der Waals surface area (Å²) >= 11 is 3.44. The van der Waals surface area contributed by atoms with Crippen LogP contribution < -0.4 is 14.8 Å². The standard InChI is InChI=1S/C22H21BrN2O4/c1-13-10-15(23)5-6-16(13)24-21(26)22(8-9-22)20-12-18(29-25-20)14-4-7-17(27-2)19(11-14)28-3/h4-7,10-12H,8-9H2,1-3H3,(H,24,26). The summed E-state index contributed by atoms with van der Waals surface area (Å²) in [6.07, 6.45) is 1.48. The predicted molar refractivity (Wildman–Crippen MR) is 113 cm³/mol. The van der Waals surface area contributed by atoms with Crippen molar-refractivity contribution in [3.05, 3.63) is 58.2 Å². The lowest BCUT2D eigenvalue weighted by molar-refractivity contribution is -0.118. The summed E-state index contributed by atoms with van der Waals surface area (Å²) in [5.41, 5.74) is 2.61. The summed E-state index contributed by atoms with van der Waals surface area (Å²) in [6.45, 7) is 1.96. The van der Waals surface area contributed by atoms with Crippen molar-refractivity contribution in [3.8, 4) is 22.8 Å². The van der Waals surface area contributed by atoms with Crippen LogP contribution in [0, 0.1) is 6.92 Å². The van der Waals surface area contributed by atoms with Crippen LogP contribution in [0.15, 0.2) is 51.5 Å². The number of hydrogen-bond donors (Lipinski definition) is 1. The number of nitrogens with one attached hydrogen (secondary N) is 1. The third-order valence-electron chi connectivity index (χ3n) is 5.29. The zero-order chi connectivity index (χ0) is 20.6. The van der Waals surface area contributed by atoms with Crippen LogP contribution in [0.1, 0.15) is 24.1 Å². The highest BCUT2D eigenvalue weighted by molar-refractivity contribution is 9.10. The molecule has 3 aromatic rings. The smallest absolute Gasteiger partial charge is 0.236 e. The zero-order valence-electron chi connectivity index (χ0n) is 16.4. The van der Waals surface area contributed by atoms with Crippen molar-refractivity contribution < 1.29 is 18.8 Å². The number of methoxy groups -OCH3 is 2. The zero-order valence-corrected chi connectivity index (χ0v) is 18.0. The molecule has 0 atom stereocenters. The van der Waals surface area contributed by atoms with E-state index in [4.69, 9.17) is 14.0 Å². The highest BCUT2D eigenvalue weighted by Gasteiger charge is 2.54. The van der Waals surface area contributed by atoms with Gasteiger partial charge in [0.15, 0.2) is 17.3 Å². The summed E-state index contributed by atoms with van der Waals surface area (Å²) in [4.78, 5) is 13.0. The monoisotopic (exact) mass is 456 g/mol. The molecule has 1 fully saturated rings. The third kappa shape index (κ3) is 3.62. The van der Waals surface area contributed by atoms with Crippen LogP contribution >= 0.6 is 15.9 Å². The molecule has 1 aliphatic rings. The Morgan fingerprint density at radius 1 is 1.10 bits per heavy atom. The molecule has 1 aliphatic carbocycles. The van der Waals surface area contributed by atoms with Gasteiger partial charge in [-0.25, -0.2) is 0 Å². The Morgan fingerprint density at radius 3 is 2.52 bits per heavy atom. The van der Waals surface area contributed by atoms with Crippen LogP contribution in [0.4, 0.5) is 5.69 Å². The maximum Gasteiger partial charge on any atom is 0.236 e. The summed E-state index contributed by atoms with van der Waals surface area (Å²) in [5, 5.41) is 7.25. The van der Waals surface area contributed by atoms with E-state index in [9.17, 15) is 4.79 Å². The van der Waals surface area contributed by atoms with Crippen molar-refractivity contribution in [1.82, 2.24) is 5.16 Å². The average Bonchev–Trinajstić information content (AvgIpc) is 3.39. The second kappa shape index (κ2) is 7.55. The normalized spacial score (nSPS) is 14.3. The van der Waals surface area contributed by atoms with Crippen molar-refractivity contribution in [2.45, 2.75) is 25.2 Å². The number of hydrogen-bond acceptors (Lipinski definition) is 5. The van der Waals surface area contributed by atoms with E-state index in [0.29, 0.717) is 23.0 Å². The molecule has 6 nitrogen and oxygen atoms in total. The molecule has 7 heteroatoms. The van der Waals surface area contributed by atoms with Gasteiger partial charge in [0.05, 0.1) is 25.3 Å². The summed E-state index contributed by atoms with van der Waals surface area (Å²) in [6, 6.07) is 13.1. The number of amides is 1. The number of benzene rings is 2. The lowest BCUT2D eigenvalue weighted by Gasteiger charge is -2.14. The van der Waals surface area contributed by atoms with Crippen LogP contribution in [-0.4, -0.2) is 25.3 Å². The lowest BCUT2D eigenvalue weighted by atomic mass is 9.99. The first-order chi connectivity index (χ1) is 14.0. The number of ether oxygens (including phenoxy) is 2. The fourth-order valence-corrected chi connectivity index (χ4v) is 3.84. The van der Waals surface area contributed by atoms with Crippen molar-refractivity contribution >= 4 is 27.5 Å². The van der Waals surface area contributed by atoms with E-state index < -0.39 is 5.41 Å². The minimum Gasteiger partial charge on any atom is -0.493 e. The molecule has 150 valence electrons. The molecular formula is C22H21BrN2O4. The van der Waals surface area contributed by atoms with Crippen molar-refractivity contribution in [2.75, 3.05) is 19.5 Å². The molecule has 4 rings (SSSR count). The Morgan fingerprint density at radius 2 is 1.86 bits per heavy atom. The Bertz CT molecular complexity index is 1070. The first kappa shape index (κ1) is 19.5. The average molecular weight is 457 g/mol. The van der Waals surface area contributed by atoms with Gasteiger partial charge < -0.3 is 19.3 Å². The Labute approximate surface area is 177 Å². The van der Waals surface area contributed by atoms with Gasteiger partial charge >= 0.3 is 0 Å². The molecule has 1 amide bonds. The molecular weight excluding hydrogens is 436 g/mol. The molecule has 0 radical (unpaired) electrons. The molecule has 1 N–H and O–H groups in total. The Hall–Kier alpha value is -2.80. The van der Waals surface area contributed by atoms with Crippen LogP contribution in [-0.2, 0) is 10.2 Å². The van der Waals surface area contributed by atoms with Crippen LogP contribution in [0.5, 0.6) is 11.5 Å². The van der Waals surface area contributed by atoms with Crippen LogP contribution in [0.2, 0.25) is 0 Å². The van der Waals surface area contributed by atoms with E-state index in [-0.39, 0.29) is 5.91 Å². The molecule has 0 aliphatic heterocycles. The van der Waals surface area contributed by atoms with E-state index in [1.54, 1.807) is 14.2 Å². The quantitative estimate of drug-likeness (QED) is 0.558. The number of anilines is 1. The third-order valence-corrected chi connectivity index (χ3v) is 5.78. The number of halogens is 1. The fourth-order valence-electron chi connectivity index (χ4n) is 3.36. The van der Waals surface area contributed by atoms with E-state index >= 15 is 0 Å². The molecule has 0 unspecified atom stereocenters. The van der Waals surface area contributed by atoms with Crippen molar-refractivity contribution in [3.63, 3.8) is 0 Å². The predicted octanol–water partition coefficient (Wildman–Crippen LogP) is 5.10. The van der Waals surface area contributed by atoms with Gasteiger partial charge in [-0.2, -0.15) is 0 Å². The Kier molecular flexibility index (Phi) is 5.08. The highest BCUT2D eigenvalue weighted by Crippen LogP contribution is 2.49. The largest absolute Gasteiger partial charge is 0.493 e. The van der Waals surface area contributed by atoms with Gasteiger partial charge in [-0.1, -0.05) is 21.1 Å². The van der Waals surface area contributed by atoms with E-state index in [2.05, 4.69) is 26.4 Å². The molecule has 1 saturated carbocycles. The summed E-state index contributed by atoms with van der Waals surface area (Å²) < 4.78 is 17.2. The van der Waals surface area contributed by atoms with E-state index in [1.165, 1.54) is 0 Å². The van der Waals surface area contributed by atoms with Crippen molar-refractivity contribution in [2.24, 2.45) is 0 Å². The molecule has 2 aromatic carbocycles. The fraction of sp³-hybridized carbons (Fsp3) is 0.273. The van der Waals surface area contributed by atoms with Gasteiger partial charge in [-0.3, -0.25) is 4.79 Å². The summed E-state index contributed by atoms with van der Waals surface area (Å²) in [5.74, 6) is 1.77. The highest BCUT2D eigenvalue weighted by atomic mass is 79.9. The van der Waals surface area contributed by atoms with Gasteiger partial charge in [0.1, 0.15) is 0 Å². The topological polar surface area (TPSA) is 73.6 Å². The maximum absolute atomic E-state index is 13.0. The van der Waals surface area contributed by atoms with Gasteiger partial charge in [0.25, 0.3) is 0 Å². The minimum atomic E-state index is -0.641. The number of aryl methyl sites for hydroxylation is 1. The second-order valence-electron chi connectivity index (χ2n) is 7.14. The number of rotatable bonds is 6. The molecule has 29 heavy (non-hydrogen) atoms. The van der Waals surface area contributed by atoms with Gasteiger partial charge in [0, 0.05) is 21.8 Å². The molecule has 0 bridgehead atoms. The van der Waals surface area contributed by atoms with E-state index in [0.717, 1.165) is 34.1 Å². The second-order valence-corrected chi connectivity index (χ2v) is 8.06. The number of carbonyl (C=O) groups is 1. The minimum absolute atomic E-state index is 0.0601. The molecule has 1 heterocycles. The van der Waals surface area contributed by atoms with Crippen LogP contribution in [0.25, 0.3) is 11.3 Å². The van der Waals surface area contributed by atoms with Crippen molar-refractivity contribution in [1.29, 1.82) is 0 Å². The molecule has 0 spiro atoms. The van der Waals surface area contributed by atoms with Gasteiger partial charge in [-0.05, 0) is 61.7 Å². The SMILES string of the molecule is COc1ccc(-c2cc(C3(C(=O)Nc4ccc(Br)cc4C)CC3)no2)cc1OC. The number of nitrogens with zero attached hydrogens (tertiary/aromatic N) is 1. The number of aromatic nitrogens is 1.